The van der Waals surface area contributed by atoms with Gasteiger partial charge in [0.2, 0.25) is 0 Å². The SMILES string of the molecule is c1ccc(-c2ccc3cc(-n4c5ccccc5c5cc(-c6ccc7c(c6)c6ccccc6n7-c6ccccc6)ccc54)ccc3c2)cc1.c1ccc(-n2c3ccccc3c3cc(-c4ccc5c(c4)c4ccccc4n5-c4cccc5oc6ccccc6c45)ccc32)cc1. The lowest BCUT2D eigenvalue weighted by molar-refractivity contribution is 0.669. The van der Waals surface area contributed by atoms with Gasteiger partial charge in [-0.15, -0.1) is 0 Å². The van der Waals surface area contributed by atoms with Crippen LogP contribution in [0.1, 0.15) is 0 Å². The Labute approximate surface area is 535 Å². The third kappa shape index (κ3) is 8.41. The molecular weight excluding hydrogens is 1130 g/mol. The predicted octanol–water partition coefficient (Wildman–Crippen LogP) is 23.8. The molecule has 0 N–H and O–H groups in total. The first-order valence-electron chi connectivity index (χ1n) is 31.9. The van der Waals surface area contributed by atoms with Crippen molar-refractivity contribution in [3.8, 4) is 56.1 Å². The van der Waals surface area contributed by atoms with Crippen LogP contribution in [-0.4, -0.2) is 18.3 Å². The highest BCUT2D eigenvalue weighted by molar-refractivity contribution is 6.17. The van der Waals surface area contributed by atoms with E-state index in [0.717, 1.165) is 27.6 Å². The Morgan fingerprint density at radius 3 is 1.02 bits per heavy atom. The first kappa shape index (κ1) is 52.5. The summed E-state index contributed by atoms with van der Waals surface area (Å²) in [4.78, 5) is 0. The average Bonchev–Trinajstić information content (AvgIpc) is 1.62. The number of benzene rings is 15. The number of rotatable bonds is 7. The molecule has 0 atom stereocenters. The zero-order valence-electron chi connectivity index (χ0n) is 50.5. The lowest BCUT2D eigenvalue weighted by atomic mass is 10.0. The van der Waals surface area contributed by atoms with E-state index in [0.29, 0.717) is 0 Å². The molecule has 0 amide bonds. The molecular formula is C88H56N4O. The van der Waals surface area contributed by atoms with Gasteiger partial charge in [-0.05, 0) is 178 Å². The summed E-state index contributed by atoms with van der Waals surface area (Å²) in [6, 6.07) is 123. The summed E-state index contributed by atoms with van der Waals surface area (Å²) in [5.41, 5.74) is 23.5. The lowest BCUT2D eigenvalue weighted by Gasteiger charge is -2.11. The Morgan fingerprint density at radius 2 is 0.527 bits per heavy atom. The number of furan rings is 1. The summed E-state index contributed by atoms with van der Waals surface area (Å²) in [6.45, 7) is 0. The van der Waals surface area contributed by atoms with E-state index < -0.39 is 0 Å². The van der Waals surface area contributed by atoms with Crippen molar-refractivity contribution in [2.45, 2.75) is 0 Å². The fourth-order valence-electron chi connectivity index (χ4n) is 15.0. The molecule has 0 bridgehead atoms. The highest BCUT2D eigenvalue weighted by atomic mass is 16.3. The monoisotopic (exact) mass is 1180 g/mol. The van der Waals surface area contributed by atoms with Crippen LogP contribution < -0.4 is 0 Å². The van der Waals surface area contributed by atoms with Crippen molar-refractivity contribution in [2.24, 2.45) is 0 Å². The lowest BCUT2D eigenvalue weighted by Crippen LogP contribution is -1.94. The summed E-state index contributed by atoms with van der Waals surface area (Å²) in [5.74, 6) is 0. The van der Waals surface area contributed by atoms with E-state index in [9.17, 15) is 0 Å². The van der Waals surface area contributed by atoms with E-state index in [1.807, 2.05) is 12.1 Å². The molecule has 5 heterocycles. The molecule has 0 aliphatic carbocycles. The van der Waals surface area contributed by atoms with Crippen molar-refractivity contribution < 1.29 is 4.42 Å². The summed E-state index contributed by atoms with van der Waals surface area (Å²) < 4.78 is 15.8. The van der Waals surface area contributed by atoms with Crippen LogP contribution in [0.2, 0.25) is 0 Å². The minimum atomic E-state index is 0.902. The molecule has 15 aromatic carbocycles. The van der Waals surface area contributed by atoms with Gasteiger partial charge in [0.1, 0.15) is 11.2 Å². The molecule has 0 fully saturated rings. The van der Waals surface area contributed by atoms with Gasteiger partial charge < -0.3 is 22.7 Å². The van der Waals surface area contributed by atoms with Gasteiger partial charge in [0.05, 0.1) is 55.2 Å². The van der Waals surface area contributed by atoms with Gasteiger partial charge >= 0.3 is 0 Å². The molecule has 0 unspecified atom stereocenters. The van der Waals surface area contributed by atoms with E-state index in [4.69, 9.17) is 4.42 Å². The summed E-state index contributed by atoms with van der Waals surface area (Å²) in [5, 5.41) is 14.8. The van der Waals surface area contributed by atoms with Crippen molar-refractivity contribution in [3.63, 3.8) is 0 Å². The number of hydrogen-bond acceptors (Lipinski definition) is 1. The van der Waals surface area contributed by atoms with Gasteiger partial charge in [0, 0.05) is 65.5 Å². The van der Waals surface area contributed by atoms with Gasteiger partial charge in [-0.25, -0.2) is 0 Å². The highest BCUT2D eigenvalue weighted by Crippen LogP contribution is 2.43. The third-order valence-electron chi connectivity index (χ3n) is 19.2. The van der Waals surface area contributed by atoms with Gasteiger partial charge in [0.25, 0.3) is 0 Å². The number of hydrogen-bond donors (Lipinski definition) is 0. The minimum absolute atomic E-state index is 0.902. The first-order chi connectivity index (χ1) is 46.1. The van der Waals surface area contributed by atoms with Crippen LogP contribution in [-0.2, 0) is 0 Å². The van der Waals surface area contributed by atoms with E-state index in [1.54, 1.807) is 0 Å². The van der Waals surface area contributed by atoms with Crippen LogP contribution >= 0.6 is 0 Å². The maximum atomic E-state index is 6.27. The van der Waals surface area contributed by atoms with Crippen LogP contribution in [0.3, 0.4) is 0 Å². The molecule has 5 heteroatoms. The second kappa shape index (κ2) is 21.1. The van der Waals surface area contributed by atoms with Gasteiger partial charge in [-0.1, -0.05) is 206 Å². The Morgan fingerprint density at radius 1 is 0.183 bits per heavy atom. The maximum Gasteiger partial charge on any atom is 0.137 e. The first-order valence-corrected chi connectivity index (χ1v) is 31.9. The Balaban J connectivity index is 0.000000133. The van der Waals surface area contributed by atoms with E-state index in [1.165, 1.54) is 148 Å². The Kier molecular flexibility index (Phi) is 11.9. The van der Waals surface area contributed by atoms with Crippen molar-refractivity contribution in [3.05, 3.63) is 340 Å². The molecule has 434 valence electrons. The van der Waals surface area contributed by atoms with Crippen molar-refractivity contribution in [1.29, 1.82) is 0 Å². The number of nitrogens with zero attached hydrogens (tertiary/aromatic N) is 4. The molecule has 5 aromatic heterocycles. The van der Waals surface area contributed by atoms with E-state index >= 15 is 0 Å². The fraction of sp³-hybridized carbons (Fsp3) is 0. The summed E-state index contributed by atoms with van der Waals surface area (Å²) >= 11 is 0. The van der Waals surface area contributed by atoms with Crippen LogP contribution in [0.5, 0.6) is 0 Å². The molecule has 20 rings (SSSR count). The molecule has 0 saturated carbocycles. The molecule has 0 saturated heterocycles. The van der Waals surface area contributed by atoms with Crippen LogP contribution in [0.4, 0.5) is 0 Å². The average molecular weight is 1190 g/mol. The standard InChI is InChI=1S/C46H30N2.C42H26N2O/c1-3-11-31(12-4-1)32-19-20-34-28-38(24-21-33(34)27-32)48-44-18-10-8-16-40(44)42-30-36(23-26-46(42)48)35-22-25-45-41(29-35)39-15-7-9-17-43(39)47(45)37-13-5-2-6-14-37;1-2-11-29(12-3-1)43-35-16-7-4-13-30(35)33-25-27(21-23-37(33)43)28-22-24-38-34(26-28)31-14-5-8-17-36(31)44(38)39-18-10-20-41-42(39)32-15-6-9-19-40(32)45-41/h1-30H;1-26H. The molecule has 0 aliphatic heterocycles. The second-order valence-electron chi connectivity index (χ2n) is 24.4. The molecule has 0 spiro atoms. The van der Waals surface area contributed by atoms with Crippen LogP contribution in [0.15, 0.2) is 344 Å². The molecule has 20 aromatic rings. The summed E-state index contributed by atoms with van der Waals surface area (Å²) in [6.07, 6.45) is 0. The zero-order chi connectivity index (χ0) is 61.1. The van der Waals surface area contributed by atoms with Crippen LogP contribution in [0, 0.1) is 0 Å². The smallest absolute Gasteiger partial charge is 0.137 e. The van der Waals surface area contributed by atoms with Crippen molar-refractivity contribution in [1.82, 2.24) is 18.3 Å². The number of para-hydroxylation sites is 7. The van der Waals surface area contributed by atoms with Gasteiger partial charge in [-0.3, -0.25) is 0 Å². The van der Waals surface area contributed by atoms with E-state index in [-0.39, 0.29) is 0 Å². The zero-order valence-corrected chi connectivity index (χ0v) is 50.5. The summed E-state index contributed by atoms with van der Waals surface area (Å²) in [7, 11) is 0. The van der Waals surface area contributed by atoms with Crippen LogP contribution in [0.25, 0.3) is 176 Å². The van der Waals surface area contributed by atoms with Crippen molar-refractivity contribution in [2.75, 3.05) is 0 Å². The number of aromatic nitrogens is 4. The predicted molar refractivity (Wildman–Crippen MR) is 391 cm³/mol. The highest BCUT2D eigenvalue weighted by Gasteiger charge is 2.21. The molecule has 0 aliphatic rings. The molecule has 5 nitrogen and oxygen atoms in total. The molecule has 93 heavy (non-hydrogen) atoms. The topological polar surface area (TPSA) is 32.9 Å². The largest absolute Gasteiger partial charge is 0.456 e. The Bertz CT molecular complexity index is 6360. The Hall–Kier alpha value is -12.4. The third-order valence-corrected chi connectivity index (χ3v) is 19.2. The minimum Gasteiger partial charge on any atom is -0.456 e. The normalized spacial score (nSPS) is 11.9. The van der Waals surface area contributed by atoms with Gasteiger partial charge in [0.15, 0.2) is 0 Å². The molecule has 0 radical (unpaired) electrons. The number of fused-ring (bicyclic) bond motifs is 16. The van der Waals surface area contributed by atoms with Gasteiger partial charge in [-0.2, -0.15) is 0 Å². The fourth-order valence-corrected chi connectivity index (χ4v) is 15.0. The quantitative estimate of drug-likeness (QED) is 0.157. The van der Waals surface area contributed by atoms with E-state index in [2.05, 4.69) is 346 Å². The maximum absolute atomic E-state index is 6.27. The van der Waals surface area contributed by atoms with Crippen molar-refractivity contribution >= 4 is 120 Å². The second-order valence-corrected chi connectivity index (χ2v) is 24.4.